The summed E-state index contributed by atoms with van der Waals surface area (Å²) in [5.74, 6) is -1.61. The second kappa shape index (κ2) is 3.26. The molecule has 2 rings (SSSR count). The summed E-state index contributed by atoms with van der Waals surface area (Å²) in [5, 5.41) is 2.83. The third kappa shape index (κ3) is 1.47. The molecule has 0 saturated carbocycles. The van der Waals surface area contributed by atoms with Crippen LogP contribution < -0.4 is 0 Å². The van der Waals surface area contributed by atoms with Crippen molar-refractivity contribution >= 4 is 11.3 Å². The number of thiophene rings is 1. The Hall–Kier alpha value is -1.22. The van der Waals surface area contributed by atoms with Crippen molar-refractivity contribution < 1.29 is 8.78 Å². The number of hydrogen-bond donors (Lipinski definition) is 0. The van der Waals surface area contributed by atoms with Gasteiger partial charge >= 0.3 is 0 Å². The number of hydrogen-bond acceptors (Lipinski definition) is 1. The lowest BCUT2D eigenvalue weighted by Crippen LogP contribution is -1.86. The molecule has 0 N–H and O–H groups in total. The van der Waals surface area contributed by atoms with Crippen LogP contribution in [0.2, 0.25) is 0 Å². The number of halogens is 2. The van der Waals surface area contributed by atoms with Crippen molar-refractivity contribution in [1.29, 1.82) is 0 Å². The topological polar surface area (TPSA) is 0 Å². The fraction of sp³-hybridized carbons (Fsp3) is 0. The SMILES string of the molecule is Fc1cccc(-c2cc[c]s2)c1F. The summed E-state index contributed by atoms with van der Waals surface area (Å²) < 4.78 is 26.0. The van der Waals surface area contributed by atoms with Gasteiger partial charge in [-0.15, -0.1) is 11.3 Å². The minimum Gasteiger partial charge on any atom is -0.204 e. The summed E-state index contributed by atoms with van der Waals surface area (Å²) in [5.41, 5.74) is 0.297. The smallest absolute Gasteiger partial charge is 0.167 e. The van der Waals surface area contributed by atoms with Gasteiger partial charge < -0.3 is 0 Å². The zero-order chi connectivity index (χ0) is 9.26. The molecule has 1 heterocycles. The highest BCUT2D eigenvalue weighted by Gasteiger charge is 2.09. The highest BCUT2D eigenvalue weighted by atomic mass is 32.1. The van der Waals surface area contributed by atoms with Gasteiger partial charge in [0, 0.05) is 15.8 Å². The van der Waals surface area contributed by atoms with Crippen LogP contribution in [-0.4, -0.2) is 0 Å². The van der Waals surface area contributed by atoms with Gasteiger partial charge in [0.25, 0.3) is 0 Å². The highest BCUT2D eigenvalue weighted by molar-refractivity contribution is 7.13. The van der Waals surface area contributed by atoms with Crippen molar-refractivity contribution in [2.24, 2.45) is 0 Å². The van der Waals surface area contributed by atoms with E-state index in [1.165, 1.54) is 17.4 Å². The van der Waals surface area contributed by atoms with Gasteiger partial charge in [0.15, 0.2) is 11.6 Å². The van der Waals surface area contributed by atoms with E-state index in [1.807, 2.05) is 0 Å². The highest BCUT2D eigenvalue weighted by Crippen LogP contribution is 2.27. The molecule has 0 saturated heterocycles. The molecule has 13 heavy (non-hydrogen) atoms. The Balaban J connectivity index is 2.59. The molecule has 65 valence electrons. The second-order valence-electron chi connectivity index (χ2n) is 2.52. The zero-order valence-electron chi connectivity index (χ0n) is 6.55. The van der Waals surface area contributed by atoms with E-state index in [-0.39, 0.29) is 0 Å². The molecule has 0 aliphatic carbocycles. The van der Waals surface area contributed by atoms with E-state index >= 15 is 0 Å². The molecular formula is C10H5F2S. The van der Waals surface area contributed by atoms with Gasteiger partial charge in [0.05, 0.1) is 0 Å². The standard InChI is InChI=1S/C10H5F2S/c11-8-4-1-3-7(10(8)12)9-5-2-6-13-9/h1-5H. The maximum absolute atomic E-state index is 13.2. The fourth-order valence-corrected chi connectivity index (χ4v) is 1.75. The van der Waals surface area contributed by atoms with Crippen molar-refractivity contribution in [3.05, 3.63) is 47.3 Å². The Morgan fingerprint density at radius 3 is 2.69 bits per heavy atom. The zero-order valence-corrected chi connectivity index (χ0v) is 7.37. The van der Waals surface area contributed by atoms with E-state index in [9.17, 15) is 8.78 Å². The van der Waals surface area contributed by atoms with Crippen molar-refractivity contribution in [3.63, 3.8) is 0 Å². The normalized spacial score (nSPS) is 10.3. The fourth-order valence-electron chi connectivity index (χ4n) is 1.08. The van der Waals surface area contributed by atoms with E-state index in [0.717, 1.165) is 6.07 Å². The average molecular weight is 195 g/mol. The van der Waals surface area contributed by atoms with Crippen LogP contribution in [0.5, 0.6) is 0 Å². The molecular weight excluding hydrogens is 190 g/mol. The van der Waals surface area contributed by atoms with Gasteiger partial charge in [-0.05, 0) is 18.2 Å². The van der Waals surface area contributed by atoms with Gasteiger partial charge in [-0.3, -0.25) is 0 Å². The molecule has 0 atom stereocenters. The van der Waals surface area contributed by atoms with Gasteiger partial charge in [0.1, 0.15) is 0 Å². The van der Waals surface area contributed by atoms with Crippen LogP contribution in [0.25, 0.3) is 10.4 Å². The first-order valence-electron chi connectivity index (χ1n) is 3.69. The lowest BCUT2D eigenvalue weighted by atomic mass is 10.2. The summed E-state index contributed by atoms with van der Waals surface area (Å²) in [4.78, 5) is 0.692. The minimum absolute atomic E-state index is 0.297. The molecule has 1 radical (unpaired) electrons. The predicted molar refractivity (Wildman–Crippen MR) is 48.5 cm³/mol. The van der Waals surface area contributed by atoms with E-state index in [2.05, 4.69) is 5.38 Å². The Morgan fingerprint density at radius 2 is 2.00 bits per heavy atom. The molecule has 0 unspecified atom stereocenters. The summed E-state index contributed by atoms with van der Waals surface area (Å²) in [6.45, 7) is 0. The Morgan fingerprint density at radius 1 is 1.15 bits per heavy atom. The quantitative estimate of drug-likeness (QED) is 0.653. The molecule has 2 aromatic rings. The lowest BCUT2D eigenvalue weighted by Gasteiger charge is -1.99. The van der Waals surface area contributed by atoms with Crippen LogP contribution >= 0.6 is 11.3 Å². The van der Waals surface area contributed by atoms with Crippen LogP contribution in [0.15, 0.2) is 30.3 Å². The van der Waals surface area contributed by atoms with E-state index in [1.54, 1.807) is 18.2 Å². The predicted octanol–water partition coefficient (Wildman–Crippen LogP) is 3.49. The van der Waals surface area contributed by atoms with E-state index in [0.29, 0.717) is 10.4 Å². The third-order valence-electron chi connectivity index (χ3n) is 1.69. The van der Waals surface area contributed by atoms with Crippen molar-refractivity contribution in [3.8, 4) is 10.4 Å². The largest absolute Gasteiger partial charge is 0.204 e. The maximum Gasteiger partial charge on any atom is 0.167 e. The lowest BCUT2D eigenvalue weighted by molar-refractivity contribution is 0.511. The molecule has 0 nitrogen and oxygen atoms in total. The Bertz CT molecular complexity index is 407. The number of rotatable bonds is 1. The molecule has 1 aromatic heterocycles. The summed E-state index contributed by atoms with van der Waals surface area (Å²) in [6.07, 6.45) is 0. The first-order chi connectivity index (χ1) is 6.29. The van der Waals surface area contributed by atoms with Crippen LogP contribution in [0.3, 0.4) is 0 Å². The average Bonchev–Trinajstić information content (AvgIpc) is 2.62. The summed E-state index contributed by atoms with van der Waals surface area (Å²) in [7, 11) is 0. The van der Waals surface area contributed by atoms with Gasteiger partial charge in [-0.1, -0.05) is 12.1 Å². The van der Waals surface area contributed by atoms with Crippen molar-refractivity contribution in [2.45, 2.75) is 0 Å². The second-order valence-corrected chi connectivity index (χ2v) is 3.40. The molecule has 0 aliphatic heterocycles. The molecule has 0 bridgehead atoms. The van der Waals surface area contributed by atoms with Crippen LogP contribution in [0, 0.1) is 17.0 Å². The maximum atomic E-state index is 13.2. The van der Waals surface area contributed by atoms with Crippen LogP contribution in [0.1, 0.15) is 0 Å². The summed E-state index contributed by atoms with van der Waals surface area (Å²) >= 11 is 1.27. The van der Waals surface area contributed by atoms with E-state index < -0.39 is 11.6 Å². The first kappa shape index (κ1) is 8.38. The van der Waals surface area contributed by atoms with Gasteiger partial charge in [0.2, 0.25) is 0 Å². The van der Waals surface area contributed by atoms with Crippen LogP contribution in [-0.2, 0) is 0 Å². The molecule has 1 aromatic carbocycles. The minimum atomic E-state index is -0.814. The Kier molecular flexibility index (Phi) is 2.10. The molecule has 0 fully saturated rings. The third-order valence-corrected chi connectivity index (χ3v) is 2.52. The van der Waals surface area contributed by atoms with Crippen LogP contribution in [0.4, 0.5) is 8.78 Å². The number of benzene rings is 1. The molecule has 3 heteroatoms. The van der Waals surface area contributed by atoms with Crippen molar-refractivity contribution in [2.75, 3.05) is 0 Å². The Labute approximate surface area is 78.5 Å². The van der Waals surface area contributed by atoms with Gasteiger partial charge in [-0.2, -0.15) is 0 Å². The monoisotopic (exact) mass is 195 g/mol. The summed E-state index contributed by atoms with van der Waals surface area (Å²) in [6, 6.07) is 7.55. The van der Waals surface area contributed by atoms with Crippen molar-refractivity contribution in [1.82, 2.24) is 0 Å². The molecule has 0 aliphatic rings. The van der Waals surface area contributed by atoms with Gasteiger partial charge in [-0.25, -0.2) is 8.78 Å². The molecule has 0 spiro atoms. The first-order valence-corrected chi connectivity index (χ1v) is 4.51. The molecule has 0 amide bonds. The van der Waals surface area contributed by atoms with E-state index in [4.69, 9.17) is 0 Å².